The standard InChI is InChI=1S/C13H21N5O/c1-17-7-4-11(5-8-17)18(2)13(19)12-9-10(16-14)3-6-15-12/h3,6,9,11H,4-5,7-8,14H2,1-2H3,(H,15,16). The summed E-state index contributed by atoms with van der Waals surface area (Å²) in [6.45, 7) is 2.06. The third-order valence-corrected chi connectivity index (χ3v) is 3.70. The molecule has 0 spiro atoms. The molecule has 3 N–H and O–H groups in total. The van der Waals surface area contributed by atoms with E-state index in [9.17, 15) is 4.79 Å². The highest BCUT2D eigenvalue weighted by Crippen LogP contribution is 2.17. The van der Waals surface area contributed by atoms with Crippen LogP contribution in [0.1, 0.15) is 23.3 Å². The van der Waals surface area contributed by atoms with E-state index in [1.165, 1.54) is 0 Å². The Kier molecular flexibility index (Phi) is 4.34. The Hall–Kier alpha value is -1.66. The first-order chi connectivity index (χ1) is 9.11. The Balaban J connectivity index is 2.05. The SMILES string of the molecule is CN1CCC(N(C)C(=O)c2cc(NN)ccn2)CC1. The molecule has 1 aromatic heterocycles. The van der Waals surface area contributed by atoms with Crippen LogP contribution in [0.4, 0.5) is 5.69 Å². The number of hydrogen-bond acceptors (Lipinski definition) is 5. The Morgan fingerprint density at radius 3 is 2.84 bits per heavy atom. The smallest absolute Gasteiger partial charge is 0.272 e. The third-order valence-electron chi connectivity index (χ3n) is 3.70. The summed E-state index contributed by atoms with van der Waals surface area (Å²) in [5.74, 6) is 5.30. The molecule has 2 rings (SSSR count). The van der Waals surface area contributed by atoms with E-state index < -0.39 is 0 Å². The molecule has 2 heterocycles. The number of aromatic nitrogens is 1. The number of nitrogens with two attached hydrogens (primary N) is 1. The first-order valence-corrected chi connectivity index (χ1v) is 6.50. The average Bonchev–Trinajstić information content (AvgIpc) is 2.46. The topological polar surface area (TPSA) is 74.5 Å². The van der Waals surface area contributed by atoms with Gasteiger partial charge in [0.2, 0.25) is 0 Å². The van der Waals surface area contributed by atoms with E-state index in [2.05, 4.69) is 22.4 Å². The Morgan fingerprint density at radius 2 is 2.21 bits per heavy atom. The lowest BCUT2D eigenvalue weighted by molar-refractivity contribution is 0.0654. The van der Waals surface area contributed by atoms with Crippen LogP contribution in [-0.4, -0.2) is 53.9 Å². The number of nitrogen functional groups attached to an aromatic ring is 1. The van der Waals surface area contributed by atoms with E-state index in [-0.39, 0.29) is 5.91 Å². The highest BCUT2D eigenvalue weighted by atomic mass is 16.2. The lowest BCUT2D eigenvalue weighted by atomic mass is 10.0. The molecule has 0 atom stereocenters. The van der Waals surface area contributed by atoms with Gasteiger partial charge in [0.15, 0.2) is 0 Å². The van der Waals surface area contributed by atoms with E-state index in [4.69, 9.17) is 5.84 Å². The molecule has 1 saturated heterocycles. The van der Waals surface area contributed by atoms with Gasteiger partial charge >= 0.3 is 0 Å². The van der Waals surface area contributed by atoms with Crippen LogP contribution >= 0.6 is 0 Å². The van der Waals surface area contributed by atoms with Gasteiger partial charge in [-0.25, -0.2) is 0 Å². The Labute approximate surface area is 113 Å². The van der Waals surface area contributed by atoms with E-state index in [0.717, 1.165) is 25.9 Å². The Morgan fingerprint density at radius 1 is 1.53 bits per heavy atom. The lowest BCUT2D eigenvalue weighted by Gasteiger charge is -2.34. The highest BCUT2D eigenvalue weighted by molar-refractivity contribution is 5.93. The number of rotatable bonds is 3. The molecular weight excluding hydrogens is 242 g/mol. The zero-order chi connectivity index (χ0) is 13.8. The number of likely N-dealkylation sites (tertiary alicyclic amines) is 1. The molecule has 19 heavy (non-hydrogen) atoms. The predicted molar refractivity (Wildman–Crippen MR) is 74.7 cm³/mol. The summed E-state index contributed by atoms with van der Waals surface area (Å²) in [6, 6.07) is 3.69. The van der Waals surface area contributed by atoms with Crippen molar-refractivity contribution in [3.05, 3.63) is 24.0 Å². The van der Waals surface area contributed by atoms with E-state index in [1.54, 1.807) is 23.2 Å². The minimum absolute atomic E-state index is 0.0494. The molecule has 1 fully saturated rings. The number of pyridine rings is 1. The van der Waals surface area contributed by atoms with Crippen molar-refractivity contribution in [2.75, 3.05) is 32.6 Å². The van der Waals surface area contributed by atoms with Crippen molar-refractivity contribution in [2.45, 2.75) is 18.9 Å². The average molecular weight is 263 g/mol. The van der Waals surface area contributed by atoms with Crippen LogP contribution in [-0.2, 0) is 0 Å². The van der Waals surface area contributed by atoms with Crippen LogP contribution in [0.25, 0.3) is 0 Å². The maximum absolute atomic E-state index is 12.4. The van der Waals surface area contributed by atoms with Crippen molar-refractivity contribution in [3.63, 3.8) is 0 Å². The molecule has 1 aromatic rings. The van der Waals surface area contributed by atoms with Crippen molar-refractivity contribution in [1.82, 2.24) is 14.8 Å². The monoisotopic (exact) mass is 263 g/mol. The summed E-state index contributed by atoms with van der Waals surface area (Å²) in [5.41, 5.74) is 3.65. The molecule has 1 aliphatic rings. The molecule has 0 aliphatic carbocycles. The molecule has 1 amide bonds. The second-order valence-electron chi connectivity index (χ2n) is 5.02. The molecular formula is C13H21N5O. The van der Waals surface area contributed by atoms with Gasteiger partial charge in [0.05, 0.1) is 5.69 Å². The number of carbonyl (C=O) groups is 1. The van der Waals surface area contributed by atoms with Crippen LogP contribution in [0.2, 0.25) is 0 Å². The molecule has 0 aromatic carbocycles. The van der Waals surface area contributed by atoms with Gasteiger partial charge in [0.1, 0.15) is 5.69 Å². The summed E-state index contributed by atoms with van der Waals surface area (Å²) < 4.78 is 0. The van der Waals surface area contributed by atoms with Gasteiger partial charge in [0, 0.05) is 19.3 Å². The lowest BCUT2D eigenvalue weighted by Crippen LogP contribution is -2.44. The molecule has 104 valence electrons. The second kappa shape index (κ2) is 5.99. The molecule has 6 nitrogen and oxygen atoms in total. The third kappa shape index (κ3) is 3.21. The fourth-order valence-electron chi connectivity index (χ4n) is 2.37. The molecule has 0 radical (unpaired) electrons. The van der Waals surface area contributed by atoms with Crippen LogP contribution in [0.3, 0.4) is 0 Å². The van der Waals surface area contributed by atoms with Gasteiger partial charge in [0.25, 0.3) is 5.91 Å². The molecule has 0 unspecified atom stereocenters. The largest absolute Gasteiger partial charge is 0.337 e. The molecule has 1 aliphatic heterocycles. The van der Waals surface area contributed by atoms with Gasteiger partial charge < -0.3 is 15.2 Å². The number of carbonyl (C=O) groups excluding carboxylic acids is 1. The normalized spacial score (nSPS) is 17.2. The number of nitrogens with zero attached hydrogens (tertiary/aromatic N) is 3. The zero-order valence-corrected chi connectivity index (χ0v) is 11.5. The summed E-state index contributed by atoms with van der Waals surface area (Å²) >= 11 is 0. The van der Waals surface area contributed by atoms with Crippen LogP contribution < -0.4 is 11.3 Å². The highest BCUT2D eigenvalue weighted by Gasteiger charge is 2.25. The van der Waals surface area contributed by atoms with E-state index in [1.807, 2.05) is 7.05 Å². The van der Waals surface area contributed by atoms with Gasteiger partial charge in [-0.05, 0) is 45.1 Å². The number of anilines is 1. The second-order valence-corrected chi connectivity index (χ2v) is 5.02. The summed E-state index contributed by atoms with van der Waals surface area (Å²) in [5, 5.41) is 0. The molecule has 0 bridgehead atoms. The first kappa shape index (κ1) is 13.8. The number of hydrazine groups is 1. The van der Waals surface area contributed by atoms with Gasteiger partial charge in [-0.3, -0.25) is 15.6 Å². The fraction of sp³-hybridized carbons (Fsp3) is 0.538. The van der Waals surface area contributed by atoms with Crippen molar-refractivity contribution in [1.29, 1.82) is 0 Å². The van der Waals surface area contributed by atoms with Crippen LogP contribution in [0.15, 0.2) is 18.3 Å². The number of hydrogen-bond donors (Lipinski definition) is 2. The molecule has 6 heteroatoms. The van der Waals surface area contributed by atoms with E-state index in [0.29, 0.717) is 17.4 Å². The summed E-state index contributed by atoms with van der Waals surface area (Å²) in [6.07, 6.45) is 3.60. The van der Waals surface area contributed by atoms with Gasteiger partial charge in [-0.1, -0.05) is 0 Å². The van der Waals surface area contributed by atoms with Gasteiger partial charge in [-0.15, -0.1) is 0 Å². The number of amides is 1. The van der Waals surface area contributed by atoms with Crippen LogP contribution in [0, 0.1) is 0 Å². The minimum Gasteiger partial charge on any atom is -0.337 e. The van der Waals surface area contributed by atoms with Crippen molar-refractivity contribution in [2.24, 2.45) is 5.84 Å². The quantitative estimate of drug-likeness (QED) is 0.615. The zero-order valence-electron chi connectivity index (χ0n) is 11.5. The van der Waals surface area contributed by atoms with Crippen molar-refractivity contribution >= 4 is 11.6 Å². The maximum atomic E-state index is 12.4. The fourth-order valence-corrected chi connectivity index (χ4v) is 2.37. The van der Waals surface area contributed by atoms with Gasteiger partial charge in [-0.2, -0.15) is 0 Å². The Bertz CT molecular complexity index is 442. The van der Waals surface area contributed by atoms with Crippen molar-refractivity contribution < 1.29 is 4.79 Å². The number of piperidine rings is 1. The molecule has 0 saturated carbocycles. The summed E-state index contributed by atoms with van der Waals surface area (Å²) in [7, 11) is 3.96. The number of nitrogens with one attached hydrogen (secondary N) is 1. The van der Waals surface area contributed by atoms with Crippen molar-refractivity contribution in [3.8, 4) is 0 Å². The summed E-state index contributed by atoms with van der Waals surface area (Å²) in [4.78, 5) is 20.6. The van der Waals surface area contributed by atoms with Crippen LogP contribution in [0.5, 0.6) is 0 Å². The minimum atomic E-state index is -0.0494. The first-order valence-electron chi connectivity index (χ1n) is 6.50. The maximum Gasteiger partial charge on any atom is 0.272 e. The predicted octanol–water partition coefficient (Wildman–Crippen LogP) is 0.533. The van der Waals surface area contributed by atoms with E-state index >= 15 is 0 Å².